The van der Waals surface area contributed by atoms with Crippen molar-refractivity contribution in [3.05, 3.63) is 29.6 Å². The van der Waals surface area contributed by atoms with Crippen LogP contribution in [-0.2, 0) is 14.8 Å². The van der Waals surface area contributed by atoms with Crippen molar-refractivity contribution in [1.29, 1.82) is 0 Å². The highest BCUT2D eigenvalue weighted by atomic mass is 32.2. The monoisotopic (exact) mass is 368 g/mol. The number of aryl methyl sites for hydroxylation is 1. The summed E-state index contributed by atoms with van der Waals surface area (Å²) < 4.78 is 38.8. The van der Waals surface area contributed by atoms with Crippen molar-refractivity contribution >= 4 is 21.6 Å². The zero-order chi connectivity index (χ0) is 18.2. The molecule has 7 heteroatoms. The van der Waals surface area contributed by atoms with E-state index in [-0.39, 0.29) is 29.6 Å². The van der Waals surface area contributed by atoms with E-state index in [1.165, 1.54) is 22.7 Å². The number of halogens is 1. The van der Waals surface area contributed by atoms with Crippen molar-refractivity contribution in [2.24, 2.45) is 11.3 Å². The summed E-state index contributed by atoms with van der Waals surface area (Å²) in [5.74, 6) is -0.877. The van der Waals surface area contributed by atoms with Crippen LogP contribution < -0.4 is 5.32 Å². The maximum Gasteiger partial charge on any atom is 0.229 e. The number of hydrogen-bond acceptors (Lipinski definition) is 3. The summed E-state index contributed by atoms with van der Waals surface area (Å²) in [6.07, 6.45) is 6.13. The number of carbonyl (C=O) groups is 1. The third-order valence-electron chi connectivity index (χ3n) is 5.70. The molecular formula is C18H25FN2O3S. The molecule has 1 spiro atoms. The lowest BCUT2D eigenvalue weighted by Crippen LogP contribution is -2.39. The van der Waals surface area contributed by atoms with E-state index in [2.05, 4.69) is 5.32 Å². The molecule has 1 aliphatic heterocycles. The first-order valence-electron chi connectivity index (χ1n) is 8.73. The van der Waals surface area contributed by atoms with Crippen molar-refractivity contribution in [2.45, 2.75) is 39.0 Å². The highest BCUT2D eigenvalue weighted by Crippen LogP contribution is 2.48. The largest absolute Gasteiger partial charge is 0.326 e. The number of amides is 1. The van der Waals surface area contributed by atoms with Crippen LogP contribution in [0.5, 0.6) is 0 Å². The molecule has 2 aliphatic rings. The van der Waals surface area contributed by atoms with Crippen LogP contribution in [0.15, 0.2) is 18.2 Å². The summed E-state index contributed by atoms with van der Waals surface area (Å²) in [5.41, 5.74) is 0.957. The summed E-state index contributed by atoms with van der Waals surface area (Å²) in [6, 6.07) is 4.25. The molecule has 1 amide bonds. The number of nitrogens with zero attached hydrogens (tertiary/aromatic N) is 1. The smallest absolute Gasteiger partial charge is 0.229 e. The molecule has 0 aromatic heterocycles. The molecule has 25 heavy (non-hydrogen) atoms. The van der Waals surface area contributed by atoms with Gasteiger partial charge in [0.05, 0.1) is 12.2 Å². The van der Waals surface area contributed by atoms with Gasteiger partial charge in [-0.05, 0) is 48.9 Å². The first-order valence-corrected chi connectivity index (χ1v) is 10.6. The van der Waals surface area contributed by atoms with Crippen LogP contribution in [0.4, 0.5) is 10.1 Å². The standard InChI is InChI=1S/C18H25FN2O3S/c1-13-10-14(19)6-7-16(13)20-17(22)15-11-21(25(2,23)24)12-18(15)8-4-3-5-9-18/h6-7,10,15H,3-5,8-9,11-12H2,1-2H3,(H,20,22)/t15-/m1/s1. The van der Waals surface area contributed by atoms with Crippen LogP contribution in [0.2, 0.25) is 0 Å². The molecular weight excluding hydrogens is 343 g/mol. The normalized spacial score (nSPS) is 23.7. The van der Waals surface area contributed by atoms with Crippen molar-refractivity contribution in [3.63, 3.8) is 0 Å². The van der Waals surface area contributed by atoms with Crippen LogP contribution in [0.1, 0.15) is 37.7 Å². The van der Waals surface area contributed by atoms with E-state index in [9.17, 15) is 17.6 Å². The van der Waals surface area contributed by atoms with E-state index in [0.29, 0.717) is 17.8 Å². The van der Waals surface area contributed by atoms with Crippen LogP contribution in [-0.4, -0.2) is 38.0 Å². The fourth-order valence-electron chi connectivity index (χ4n) is 4.29. The van der Waals surface area contributed by atoms with Crippen LogP contribution in [0.25, 0.3) is 0 Å². The maximum absolute atomic E-state index is 13.3. The highest BCUT2D eigenvalue weighted by molar-refractivity contribution is 7.88. The Hall–Kier alpha value is -1.47. The minimum absolute atomic E-state index is 0.164. The predicted molar refractivity (Wildman–Crippen MR) is 95.2 cm³/mol. The van der Waals surface area contributed by atoms with E-state index in [0.717, 1.165) is 32.1 Å². The Bertz CT molecular complexity index is 773. The van der Waals surface area contributed by atoms with E-state index >= 15 is 0 Å². The lowest BCUT2D eigenvalue weighted by atomic mass is 9.67. The number of rotatable bonds is 3. The van der Waals surface area contributed by atoms with Gasteiger partial charge in [-0.15, -0.1) is 0 Å². The molecule has 1 aromatic carbocycles. The number of benzene rings is 1. The van der Waals surface area contributed by atoms with Gasteiger partial charge in [-0.25, -0.2) is 17.1 Å². The van der Waals surface area contributed by atoms with Crippen molar-refractivity contribution in [3.8, 4) is 0 Å². The van der Waals surface area contributed by atoms with E-state index in [1.807, 2.05) is 0 Å². The van der Waals surface area contributed by atoms with Crippen LogP contribution in [0, 0.1) is 24.1 Å². The summed E-state index contributed by atoms with van der Waals surface area (Å²) in [6.45, 7) is 2.39. The van der Waals surface area contributed by atoms with Crippen LogP contribution >= 0.6 is 0 Å². The second-order valence-electron chi connectivity index (χ2n) is 7.48. The number of anilines is 1. The van der Waals surface area contributed by atoms with Gasteiger partial charge in [-0.1, -0.05) is 19.3 Å². The van der Waals surface area contributed by atoms with Gasteiger partial charge in [0.25, 0.3) is 0 Å². The number of carbonyl (C=O) groups excluding carboxylic acids is 1. The van der Waals surface area contributed by atoms with Gasteiger partial charge in [0, 0.05) is 18.8 Å². The molecule has 1 aliphatic carbocycles. The molecule has 1 atom stereocenters. The molecule has 1 N–H and O–H groups in total. The van der Waals surface area contributed by atoms with E-state index < -0.39 is 10.0 Å². The van der Waals surface area contributed by atoms with Gasteiger partial charge in [-0.2, -0.15) is 0 Å². The molecule has 0 radical (unpaired) electrons. The summed E-state index contributed by atoms with van der Waals surface area (Å²) >= 11 is 0. The Kier molecular flexibility index (Phi) is 4.90. The molecule has 1 saturated carbocycles. The second-order valence-corrected chi connectivity index (χ2v) is 9.46. The average molecular weight is 368 g/mol. The number of nitrogens with one attached hydrogen (secondary N) is 1. The molecule has 5 nitrogen and oxygen atoms in total. The second kappa shape index (κ2) is 6.68. The fraction of sp³-hybridized carbons (Fsp3) is 0.611. The predicted octanol–water partition coefficient (Wildman–Crippen LogP) is 2.91. The number of hydrogen-bond donors (Lipinski definition) is 1. The molecule has 1 heterocycles. The highest BCUT2D eigenvalue weighted by Gasteiger charge is 2.52. The summed E-state index contributed by atoms with van der Waals surface area (Å²) in [4.78, 5) is 13.0. The average Bonchev–Trinajstić information content (AvgIpc) is 2.90. The molecule has 3 rings (SSSR count). The van der Waals surface area contributed by atoms with Crippen molar-refractivity contribution in [1.82, 2.24) is 4.31 Å². The molecule has 1 aromatic rings. The quantitative estimate of drug-likeness (QED) is 0.892. The van der Waals surface area contributed by atoms with Gasteiger partial charge in [0.15, 0.2) is 0 Å². The first kappa shape index (κ1) is 18.3. The SMILES string of the molecule is Cc1cc(F)ccc1NC(=O)[C@H]1CN(S(C)(=O)=O)CC12CCCCC2. The van der Waals surface area contributed by atoms with Gasteiger partial charge in [0.1, 0.15) is 5.82 Å². The van der Waals surface area contributed by atoms with Crippen molar-refractivity contribution < 1.29 is 17.6 Å². The fourth-order valence-corrected chi connectivity index (χ4v) is 5.20. The van der Waals surface area contributed by atoms with Gasteiger partial charge >= 0.3 is 0 Å². The zero-order valence-corrected chi connectivity index (χ0v) is 15.5. The van der Waals surface area contributed by atoms with E-state index in [4.69, 9.17) is 0 Å². The third kappa shape index (κ3) is 3.72. The first-order chi connectivity index (χ1) is 11.7. The van der Waals surface area contributed by atoms with E-state index in [1.54, 1.807) is 13.0 Å². The number of sulfonamides is 1. The Morgan fingerprint density at radius 1 is 1.28 bits per heavy atom. The van der Waals surface area contributed by atoms with Crippen LogP contribution in [0.3, 0.4) is 0 Å². The summed E-state index contributed by atoms with van der Waals surface area (Å²) in [7, 11) is -3.33. The minimum Gasteiger partial charge on any atom is -0.326 e. The third-order valence-corrected chi connectivity index (χ3v) is 6.91. The summed E-state index contributed by atoms with van der Waals surface area (Å²) in [5, 5.41) is 2.90. The Labute approximate surface area is 148 Å². The molecule has 1 saturated heterocycles. The Morgan fingerprint density at radius 2 is 1.96 bits per heavy atom. The topological polar surface area (TPSA) is 66.5 Å². The molecule has 0 bridgehead atoms. The maximum atomic E-state index is 13.3. The Morgan fingerprint density at radius 3 is 2.56 bits per heavy atom. The van der Waals surface area contributed by atoms with Crippen molar-refractivity contribution in [2.75, 3.05) is 24.7 Å². The van der Waals surface area contributed by atoms with Gasteiger partial charge in [-0.3, -0.25) is 4.79 Å². The molecule has 2 fully saturated rings. The van der Waals surface area contributed by atoms with Gasteiger partial charge < -0.3 is 5.32 Å². The Balaban J connectivity index is 1.85. The zero-order valence-electron chi connectivity index (χ0n) is 14.7. The lowest BCUT2D eigenvalue weighted by molar-refractivity contribution is -0.123. The molecule has 0 unspecified atom stereocenters. The molecule has 138 valence electrons. The van der Waals surface area contributed by atoms with Gasteiger partial charge in [0.2, 0.25) is 15.9 Å². The lowest BCUT2D eigenvalue weighted by Gasteiger charge is -2.37. The minimum atomic E-state index is -3.33.